The van der Waals surface area contributed by atoms with Gasteiger partial charge >= 0.3 is 0 Å². The third-order valence-corrected chi connectivity index (χ3v) is 5.75. The maximum atomic E-state index is 13.8. The molecule has 0 saturated heterocycles. The number of anilines is 2. The highest BCUT2D eigenvalue weighted by Gasteiger charge is 2.21. The molecule has 0 spiro atoms. The molecule has 1 aliphatic heterocycles. The number of benzene rings is 4. The Balaban J connectivity index is 1.30. The number of hydrogen-bond donors (Lipinski definition) is 1. The van der Waals surface area contributed by atoms with Crippen LogP contribution in [-0.2, 0) is 13.2 Å². The molecule has 0 bridgehead atoms. The molecule has 0 amide bonds. The van der Waals surface area contributed by atoms with Crippen LogP contribution in [0.4, 0.5) is 24.5 Å². The molecular formula is C27H21F3N2O2. The Morgan fingerprint density at radius 3 is 2.35 bits per heavy atom. The van der Waals surface area contributed by atoms with Crippen LogP contribution >= 0.6 is 0 Å². The molecule has 1 aliphatic rings. The zero-order chi connectivity index (χ0) is 23.7. The Morgan fingerprint density at radius 1 is 0.882 bits per heavy atom. The average Bonchev–Trinajstić information content (AvgIpc) is 3.30. The van der Waals surface area contributed by atoms with Gasteiger partial charge in [0.15, 0.2) is 11.6 Å². The first-order valence-corrected chi connectivity index (χ1v) is 10.7. The Kier molecular flexibility index (Phi) is 5.76. The van der Waals surface area contributed by atoms with Crippen molar-refractivity contribution in [1.29, 1.82) is 0 Å². The van der Waals surface area contributed by atoms with E-state index < -0.39 is 11.6 Å². The van der Waals surface area contributed by atoms with E-state index in [9.17, 15) is 13.2 Å². The van der Waals surface area contributed by atoms with Gasteiger partial charge in [0.2, 0.25) is 0 Å². The average molecular weight is 462 g/mol. The molecule has 0 aliphatic carbocycles. The molecule has 7 heteroatoms. The van der Waals surface area contributed by atoms with Gasteiger partial charge in [0.1, 0.15) is 23.9 Å². The molecule has 0 radical (unpaired) electrons. The van der Waals surface area contributed by atoms with Crippen LogP contribution in [0.25, 0.3) is 11.1 Å². The van der Waals surface area contributed by atoms with Crippen LogP contribution < -0.4 is 19.9 Å². The second kappa shape index (κ2) is 9.02. The van der Waals surface area contributed by atoms with Crippen LogP contribution in [0.5, 0.6) is 11.5 Å². The van der Waals surface area contributed by atoms with E-state index in [4.69, 9.17) is 9.47 Å². The van der Waals surface area contributed by atoms with Gasteiger partial charge in [-0.1, -0.05) is 30.3 Å². The van der Waals surface area contributed by atoms with Crippen molar-refractivity contribution in [2.45, 2.75) is 13.2 Å². The smallest absolute Gasteiger partial charge is 0.162 e. The number of methoxy groups -OCH3 is 1. The fraction of sp³-hybridized carbons (Fsp3) is 0.111. The maximum absolute atomic E-state index is 13.8. The minimum atomic E-state index is -0.956. The van der Waals surface area contributed by atoms with Crippen LogP contribution in [-0.4, -0.2) is 7.11 Å². The summed E-state index contributed by atoms with van der Waals surface area (Å²) in [7, 11) is 1.41. The number of ether oxygens (including phenoxy) is 2. The van der Waals surface area contributed by atoms with Crippen molar-refractivity contribution in [3.63, 3.8) is 0 Å². The topological polar surface area (TPSA) is 33.7 Å². The van der Waals surface area contributed by atoms with Gasteiger partial charge < -0.3 is 9.47 Å². The summed E-state index contributed by atoms with van der Waals surface area (Å²) in [5, 5.41) is 1.96. The van der Waals surface area contributed by atoms with E-state index in [2.05, 4.69) is 5.43 Å². The number of hydrogen-bond acceptors (Lipinski definition) is 4. The summed E-state index contributed by atoms with van der Waals surface area (Å²) < 4.78 is 51.7. The van der Waals surface area contributed by atoms with Crippen molar-refractivity contribution in [3.05, 3.63) is 107 Å². The molecule has 0 fully saturated rings. The van der Waals surface area contributed by atoms with E-state index in [1.807, 2.05) is 23.2 Å². The van der Waals surface area contributed by atoms with Crippen LogP contribution in [0.3, 0.4) is 0 Å². The van der Waals surface area contributed by atoms with Crippen molar-refractivity contribution in [2.24, 2.45) is 0 Å². The van der Waals surface area contributed by atoms with Crippen LogP contribution in [0.2, 0.25) is 0 Å². The number of hydrazine groups is 1. The van der Waals surface area contributed by atoms with E-state index >= 15 is 0 Å². The van der Waals surface area contributed by atoms with Gasteiger partial charge in [0, 0.05) is 17.2 Å². The van der Waals surface area contributed by atoms with Crippen LogP contribution in [0.15, 0.2) is 78.9 Å². The fourth-order valence-electron chi connectivity index (χ4n) is 3.99. The largest absolute Gasteiger partial charge is 0.496 e. The standard InChI is InChI=1S/C27H21F3N2O2/c1-33-26-14-25(30)24(29)13-23(26)17-5-11-22(12-6-17)34-16-19-4-2-3-18-15-32(31-27(18)19)21-9-7-20(28)8-10-21/h2-14,31H,15-16H2,1H3. The monoisotopic (exact) mass is 462 g/mol. The highest BCUT2D eigenvalue weighted by Crippen LogP contribution is 2.35. The first-order chi connectivity index (χ1) is 16.5. The molecule has 5 rings (SSSR count). The zero-order valence-corrected chi connectivity index (χ0v) is 18.3. The normalized spacial score (nSPS) is 12.3. The van der Waals surface area contributed by atoms with E-state index in [-0.39, 0.29) is 11.6 Å². The molecular weight excluding hydrogens is 441 g/mol. The van der Waals surface area contributed by atoms with E-state index in [1.54, 1.807) is 36.4 Å². The first kappa shape index (κ1) is 21.7. The van der Waals surface area contributed by atoms with Crippen LogP contribution in [0.1, 0.15) is 11.1 Å². The number of fused-ring (bicyclic) bond motifs is 1. The Morgan fingerprint density at radius 2 is 1.62 bits per heavy atom. The van der Waals surface area contributed by atoms with Gasteiger partial charge in [0.25, 0.3) is 0 Å². The molecule has 172 valence electrons. The predicted octanol–water partition coefficient (Wildman–Crippen LogP) is 6.71. The summed E-state index contributed by atoms with van der Waals surface area (Å²) in [5.41, 5.74) is 8.45. The summed E-state index contributed by atoms with van der Waals surface area (Å²) >= 11 is 0. The minimum Gasteiger partial charge on any atom is -0.496 e. The zero-order valence-electron chi connectivity index (χ0n) is 18.3. The lowest BCUT2D eigenvalue weighted by Gasteiger charge is -2.19. The van der Waals surface area contributed by atoms with E-state index in [0.717, 1.165) is 34.6 Å². The molecule has 1 heterocycles. The molecule has 4 aromatic carbocycles. The van der Waals surface area contributed by atoms with Gasteiger partial charge in [-0.3, -0.25) is 10.4 Å². The summed E-state index contributed by atoms with van der Waals surface area (Å²) in [6.45, 7) is 0.987. The molecule has 0 saturated carbocycles. The van der Waals surface area contributed by atoms with E-state index in [0.29, 0.717) is 30.0 Å². The van der Waals surface area contributed by atoms with E-state index in [1.165, 1.54) is 19.2 Å². The second-order valence-corrected chi connectivity index (χ2v) is 7.91. The highest BCUT2D eigenvalue weighted by molar-refractivity contribution is 5.71. The molecule has 34 heavy (non-hydrogen) atoms. The number of halogens is 3. The number of nitrogens with zero attached hydrogens (tertiary/aromatic N) is 1. The summed E-state index contributed by atoms with van der Waals surface area (Å²) in [6, 6.07) is 21.6. The van der Waals surface area contributed by atoms with Gasteiger partial charge in [-0.2, -0.15) is 0 Å². The third-order valence-electron chi connectivity index (χ3n) is 5.75. The van der Waals surface area contributed by atoms with Gasteiger partial charge in [-0.05, 0) is 53.6 Å². The number of para-hydroxylation sites is 1. The van der Waals surface area contributed by atoms with Crippen molar-refractivity contribution in [2.75, 3.05) is 17.5 Å². The molecule has 1 N–H and O–H groups in total. The quantitative estimate of drug-likeness (QED) is 0.346. The van der Waals surface area contributed by atoms with Gasteiger partial charge in [-0.25, -0.2) is 13.2 Å². The lowest BCUT2D eigenvalue weighted by atomic mass is 10.0. The van der Waals surface area contributed by atoms with Crippen molar-refractivity contribution >= 4 is 11.4 Å². The van der Waals surface area contributed by atoms with Crippen molar-refractivity contribution < 1.29 is 22.6 Å². The molecule has 4 nitrogen and oxygen atoms in total. The predicted molar refractivity (Wildman–Crippen MR) is 125 cm³/mol. The van der Waals surface area contributed by atoms with Gasteiger partial charge in [0.05, 0.1) is 25.0 Å². The SMILES string of the molecule is COc1cc(F)c(F)cc1-c1ccc(OCc2cccc3c2NN(c2ccc(F)cc2)C3)cc1. The van der Waals surface area contributed by atoms with Crippen molar-refractivity contribution in [1.82, 2.24) is 0 Å². The molecule has 0 unspecified atom stereocenters. The van der Waals surface area contributed by atoms with Gasteiger partial charge in [-0.15, -0.1) is 0 Å². The lowest BCUT2D eigenvalue weighted by molar-refractivity contribution is 0.307. The molecule has 4 aromatic rings. The lowest BCUT2D eigenvalue weighted by Crippen LogP contribution is -2.22. The summed E-state index contributed by atoms with van der Waals surface area (Å²) in [6.07, 6.45) is 0. The fourth-order valence-corrected chi connectivity index (χ4v) is 3.99. The summed E-state index contributed by atoms with van der Waals surface area (Å²) in [4.78, 5) is 0. The Labute approximate surface area is 195 Å². The Hall–Kier alpha value is -4.13. The second-order valence-electron chi connectivity index (χ2n) is 7.91. The van der Waals surface area contributed by atoms with Crippen LogP contribution in [0, 0.1) is 17.5 Å². The maximum Gasteiger partial charge on any atom is 0.162 e. The highest BCUT2D eigenvalue weighted by atomic mass is 19.2. The third kappa shape index (κ3) is 4.24. The first-order valence-electron chi connectivity index (χ1n) is 10.7. The summed E-state index contributed by atoms with van der Waals surface area (Å²) in [5.74, 6) is -1.28. The Bertz CT molecular complexity index is 1330. The molecule has 0 atom stereocenters. The number of rotatable bonds is 6. The molecule has 0 aromatic heterocycles. The number of nitrogens with one attached hydrogen (secondary N) is 1. The van der Waals surface area contributed by atoms with Crippen molar-refractivity contribution in [3.8, 4) is 22.6 Å². The minimum absolute atomic E-state index is 0.254.